The van der Waals surface area contributed by atoms with Crippen molar-refractivity contribution in [2.45, 2.75) is 13.8 Å². The predicted octanol–water partition coefficient (Wildman–Crippen LogP) is 2.90. The summed E-state index contributed by atoms with van der Waals surface area (Å²) in [6.07, 6.45) is 6.25. The molecule has 0 nitrogen and oxygen atoms in total. The van der Waals surface area contributed by atoms with Crippen LogP contribution in [0.5, 0.6) is 0 Å². The molecule has 0 aliphatic carbocycles. The first-order chi connectivity index (χ1) is 3.81. The Balaban J connectivity index is 3.53. The maximum Gasteiger partial charge on any atom is 0.0215 e. The lowest BCUT2D eigenvalue weighted by atomic mass is 10.3. The molecule has 0 amide bonds. The van der Waals surface area contributed by atoms with E-state index < -0.39 is 0 Å². The highest BCUT2D eigenvalue weighted by Gasteiger charge is 1.72. The normalized spacial score (nSPS) is 13.1. The molecule has 1 heteroatoms. The largest absolute Gasteiger partial charge is 0.0883 e. The van der Waals surface area contributed by atoms with Gasteiger partial charge in [0.2, 0.25) is 0 Å². The molecule has 46 valence electrons. The van der Waals surface area contributed by atoms with Gasteiger partial charge in [-0.15, -0.1) is 0 Å². The van der Waals surface area contributed by atoms with Crippen LogP contribution >= 0.6 is 15.9 Å². The Kier molecular flexibility index (Phi) is 5.08. The Morgan fingerprint density at radius 2 is 2.25 bits per heavy atom. The van der Waals surface area contributed by atoms with Gasteiger partial charge in [-0.25, -0.2) is 0 Å². The summed E-state index contributed by atoms with van der Waals surface area (Å²) in [5, 5.41) is 0.943. The molecule has 0 atom stereocenters. The Bertz CT molecular complexity index is 101. The topological polar surface area (TPSA) is 0 Å². The highest BCUT2D eigenvalue weighted by molar-refractivity contribution is 9.09. The van der Waals surface area contributed by atoms with Gasteiger partial charge >= 0.3 is 0 Å². The molecule has 0 aliphatic heterocycles. The summed E-state index contributed by atoms with van der Waals surface area (Å²) in [6.45, 7) is 4.12. The summed E-state index contributed by atoms with van der Waals surface area (Å²) in [5.41, 5.74) is 1.31. The van der Waals surface area contributed by atoms with E-state index >= 15 is 0 Å². The molecule has 8 heavy (non-hydrogen) atoms. The second-order valence-corrected chi connectivity index (χ2v) is 2.24. The SMILES string of the molecule is C/C=C(C)\C=C\CBr. The molecule has 0 aromatic carbocycles. The van der Waals surface area contributed by atoms with Gasteiger partial charge in [0.1, 0.15) is 0 Å². The predicted molar refractivity (Wildman–Crippen MR) is 42.4 cm³/mol. The smallest absolute Gasteiger partial charge is 0.0215 e. The van der Waals surface area contributed by atoms with E-state index in [1.54, 1.807) is 0 Å². The van der Waals surface area contributed by atoms with E-state index in [-0.39, 0.29) is 0 Å². The molecule has 0 N–H and O–H groups in total. The molecule has 0 aliphatic rings. The third kappa shape index (κ3) is 4.13. The fraction of sp³-hybridized carbons (Fsp3) is 0.429. The first kappa shape index (κ1) is 7.96. The Morgan fingerprint density at radius 3 is 2.62 bits per heavy atom. The third-order valence-electron chi connectivity index (χ3n) is 0.925. The van der Waals surface area contributed by atoms with Crippen LogP contribution in [-0.4, -0.2) is 5.33 Å². The van der Waals surface area contributed by atoms with Crippen molar-refractivity contribution >= 4 is 15.9 Å². The van der Waals surface area contributed by atoms with E-state index in [1.165, 1.54) is 5.57 Å². The monoisotopic (exact) mass is 174 g/mol. The number of alkyl halides is 1. The number of hydrogen-bond donors (Lipinski definition) is 0. The fourth-order valence-corrected chi connectivity index (χ4v) is 0.514. The Hall–Kier alpha value is -0.0400. The minimum atomic E-state index is 0.943. The fourth-order valence-electron chi connectivity index (χ4n) is 0.327. The maximum absolute atomic E-state index is 3.29. The number of halogens is 1. The van der Waals surface area contributed by atoms with Crippen molar-refractivity contribution in [3.05, 3.63) is 23.8 Å². The number of allylic oxidation sites excluding steroid dienone is 4. The van der Waals surface area contributed by atoms with Crippen molar-refractivity contribution in [3.63, 3.8) is 0 Å². The zero-order valence-electron chi connectivity index (χ0n) is 5.32. The molecule has 0 bridgehead atoms. The Labute approximate surface area is 59.4 Å². The highest BCUT2D eigenvalue weighted by Crippen LogP contribution is 1.93. The van der Waals surface area contributed by atoms with Gasteiger partial charge in [0.25, 0.3) is 0 Å². The molecule has 0 saturated carbocycles. The van der Waals surface area contributed by atoms with Crippen LogP contribution in [0.2, 0.25) is 0 Å². The highest BCUT2D eigenvalue weighted by atomic mass is 79.9. The average molecular weight is 175 g/mol. The van der Waals surface area contributed by atoms with Crippen LogP contribution < -0.4 is 0 Å². The van der Waals surface area contributed by atoms with Crippen molar-refractivity contribution in [3.8, 4) is 0 Å². The van der Waals surface area contributed by atoms with Gasteiger partial charge in [-0.3, -0.25) is 0 Å². The average Bonchev–Trinajstić information content (AvgIpc) is 1.83. The van der Waals surface area contributed by atoms with E-state index in [9.17, 15) is 0 Å². The lowest BCUT2D eigenvalue weighted by Crippen LogP contribution is -1.64. The zero-order chi connectivity index (χ0) is 6.41. The molecule has 0 saturated heterocycles. The summed E-state index contributed by atoms with van der Waals surface area (Å²) >= 11 is 3.29. The van der Waals surface area contributed by atoms with E-state index in [4.69, 9.17) is 0 Å². The number of hydrogen-bond acceptors (Lipinski definition) is 0. The van der Waals surface area contributed by atoms with Crippen molar-refractivity contribution in [1.29, 1.82) is 0 Å². The molecular weight excluding hydrogens is 164 g/mol. The second kappa shape index (κ2) is 5.10. The van der Waals surface area contributed by atoms with E-state index in [2.05, 4.69) is 41.1 Å². The molecule has 0 rings (SSSR count). The van der Waals surface area contributed by atoms with Crippen LogP contribution in [0.3, 0.4) is 0 Å². The van der Waals surface area contributed by atoms with Gasteiger partial charge in [0.05, 0.1) is 0 Å². The molecule has 0 spiro atoms. The molecule has 0 aromatic rings. The van der Waals surface area contributed by atoms with Crippen LogP contribution in [0, 0.1) is 0 Å². The molecule has 0 aromatic heterocycles. The van der Waals surface area contributed by atoms with E-state index in [1.807, 2.05) is 6.92 Å². The first-order valence-electron chi connectivity index (χ1n) is 2.66. The van der Waals surface area contributed by atoms with Gasteiger partial charge < -0.3 is 0 Å². The Morgan fingerprint density at radius 1 is 1.62 bits per heavy atom. The van der Waals surface area contributed by atoms with E-state index in [0.29, 0.717) is 0 Å². The van der Waals surface area contributed by atoms with Crippen molar-refractivity contribution in [1.82, 2.24) is 0 Å². The van der Waals surface area contributed by atoms with Crippen molar-refractivity contribution in [2.75, 3.05) is 5.33 Å². The van der Waals surface area contributed by atoms with Gasteiger partial charge in [-0.2, -0.15) is 0 Å². The molecule has 0 radical (unpaired) electrons. The van der Waals surface area contributed by atoms with Gasteiger partial charge in [-0.1, -0.05) is 39.7 Å². The molecule has 0 heterocycles. The summed E-state index contributed by atoms with van der Waals surface area (Å²) in [4.78, 5) is 0. The van der Waals surface area contributed by atoms with Crippen LogP contribution in [0.25, 0.3) is 0 Å². The quantitative estimate of drug-likeness (QED) is 0.447. The summed E-state index contributed by atoms with van der Waals surface area (Å²) in [5.74, 6) is 0. The van der Waals surface area contributed by atoms with Gasteiger partial charge in [0.15, 0.2) is 0 Å². The second-order valence-electron chi connectivity index (χ2n) is 1.59. The minimum Gasteiger partial charge on any atom is -0.0883 e. The first-order valence-corrected chi connectivity index (χ1v) is 3.79. The van der Waals surface area contributed by atoms with Gasteiger partial charge in [0, 0.05) is 5.33 Å². The maximum atomic E-state index is 3.29. The number of rotatable bonds is 2. The standard InChI is InChI=1S/C7H11Br/c1-3-7(2)5-4-6-8/h3-5H,6H2,1-2H3/b5-4+,7-3-. The van der Waals surface area contributed by atoms with Crippen molar-refractivity contribution in [2.24, 2.45) is 0 Å². The zero-order valence-corrected chi connectivity index (χ0v) is 6.90. The van der Waals surface area contributed by atoms with Crippen LogP contribution in [0.4, 0.5) is 0 Å². The lowest BCUT2D eigenvalue weighted by molar-refractivity contribution is 1.47. The minimum absolute atomic E-state index is 0.943. The van der Waals surface area contributed by atoms with Crippen molar-refractivity contribution < 1.29 is 0 Å². The molecule has 0 fully saturated rings. The summed E-state index contributed by atoms with van der Waals surface area (Å²) in [7, 11) is 0. The summed E-state index contributed by atoms with van der Waals surface area (Å²) in [6, 6.07) is 0. The van der Waals surface area contributed by atoms with Gasteiger partial charge in [-0.05, 0) is 13.8 Å². The van der Waals surface area contributed by atoms with E-state index in [0.717, 1.165) is 5.33 Å². The van der Waals surface area contributed by atoms with Crippen LogP contribution in [-0.2, 0) is 0 Å². The lowest BCUT2D eigenvalue weighted by Gasteiger charge is -1.83. The van der Waals surface area contributed by atoms with Crippen LogP contribution in [0.1, 0.15) is 13.8 Å². The third-order valence-corrected chi connectivity index (χ3v) is 1.30. The summed E-state index contributed by atoms with van der Waals surface area (Å²) < 4.78 is 0. The van der Waals surface area contributed by atoms with Crippen LogP contribution in [0.15, 0.2) is 23.8 Å². The molecule has 0 unspecified atom stereocenters. The molecular formula is C7H11Br.